The molecule has 10 heteroatoms. The highest BCUT2D eigenvalue weighted by atomic mass is 32.2. The van der Waals surface area contributed by atoms with Crippen LogP contribution in [0.1, 0.15) is 18.4 Å². The van der Waals surface area contributed by atoms with Crippen LogP contribution in [0.2, 0.25) is 0 Å². The van der Waals surface area contributed by atoms with Crippen LogP contribution in [0.4, 0.5) is 0 Å². The van der Waals surface area contributed by atoms with Gasteiger partial charge in [0.1, 0.15) is 0 Å². The van der Waals surface area contributed by atoms with Gasteiger partial charge in [-0.25, -0.2) is 13.8 Å². The molecular formula is C20H24N4O5S. The first-order valence-electron chi connectivity index (χ1n) is 9.41. The first-order valence-corrected chi connectivity index (χ1v) is 10.8. The largest absolute Gasteiger partial charge is 0.493 e. The van der Waals surface area contributed by atoms with E-state index in [1.54, 1.807) is 30.6 Å². The number of nitrogens with zero attached hydrogens (tertiary/aromatic N) is 3. The third kappa shape index (κ3) is 4.95. The molecular weight excluding hydrogens is 408 g/mol. The number of amides is 1. The number of rotatable bonds is 7. The number of hydrazone groups is 1. The van der Waals surface area contributed by atoms with E-state index in [9.17, 15) is 13.2 Å². The molecule has 30 heavy (non-hydrogen) atoms. The van der Waals surface area contributed by atoms with Crippen molar-refractivity contribution in [1.29, 1.82) is 0 Å². The van der Waals surface area contributed by atoms with Gasteiger partial charge in [-0.3, -0.25) is 9.78 Å². The van der Waals surface area contributed by atoms with Crippen molar-refractivity contribution in [3.8, 4) is 11.5 Å². The number of hydrogen-bond donors (Lipinski definition) is 1. The van der Waals surface area contributed by atoms with Crippen molar-refractivity contribution < 1.29 is 22.7 Å². The van der Waals surface area contributed by atoms with Crippen LogP contribution in [0.3, 0.4) is 0 Å². The Kier molecular flexibility index (Phi) is 7.01. The second kappa shape index (κ2) is 9.68. The summed E-state index contributed by atoms with van der Waals surface area (Å²) in [5, 5.41) is 3.96. The van der Waals surface area contributed by atoms with Crippen LogP contribution in [0.25, 0.3) is 0 Å². The van der Waals surface area contributed by atoms with Crippen LogP contribution in [0.5, 0.6) is 11.5 Å². The second-order valence-electron chi connectivity index (χ2n) is 6.71. The van der Waals surface area contributed by atoms with E-state index in [2.05, 4.69) is 15.5 Å². The summed E-state index contributed by atoms with van der Waals surface area (Å²) in [6, 6.07) is 8.04. The average molecular weight is 433 g/mol. The minimum atomic E-state index is -3.69. The summed E-state index contributed by atoms with van der Waals surface area (Å²) in [4.78, 5) is 16.4. The lowest BCUT2D eigenvalue weighted by Crippen LogP contribution is -2.42. The third-order valence-corrected chi connectivity index (χ3v) is 6.81. The van der Waals surface area contributed by atoms with Gasteiger partial charge < -0.3 is 9.47 Å². The number of ether oxygens (including phenoxy) is 2. The van der Waals surface area contributed by atoms with Crippen LogP contribution in [0.15, 0.2) is 52.7 Å². The van der Waals surface area contributed by atoms with Crippen molar-refractivity contribution in [2.75, 3.05) is 27.3 Å². The molecule has 1 fully saturated rings. The second-order valence-corrected chi connectivity index (χ2v) is 8.65. The molecule has 0 saturated carbocycles. The van der Waals surface area contributed by atoms with Gasteiger partial charge in [0.2, 0.25) is 15.9 Å². The van der Waals surface area contributed by atoms with Gasteiger partial charge in [-0.1, -0.05) is 0 Å². The average Bonchev–Trinajstić information content (AvgIpc) is 2.79. The summed E-state index contributed by atoms with van der Waals surface area (Å²) in [5.74, 6) is 0.291. The first kappa shape index (κ1) is 21.7. The van der Waals surface area contributed by atoms with Crippen LogP contribution in [0, 0.1) is 5.92 Å². The van der Waals surface area contributed by atoms with E-state index in [0.29, 0.717) is 24.3 Å². The molecule has 1 saturated heterocycles. The fraction of sp³-hybridized carbons (Fsp3) is 0.350. The van der Waals surface area contributed by atoms with Gasteiger partial charge in [0.15, 0.2) is 11.5 Å². The molecule has 0 spiro atoms. The number of benzene rings is 1. The highest BCUT2D eigenvalue weighted by Crippen LogP contribution is 2.31. The van der Waals surface area contributed by atoms with E-state index in [-0.39, 0.29) is 29.8 Å². The van der Waals surface area contributed by atoms with E-state index >= 15 is 0 Å². The molecule has 0 atom stereocenters. The molecule has 3 rings (SSSR count). The number of pyridine rings is 1. The zero-order chi connectivity index (χ0) is 21.6. The molecule has 0 unspecified atom stereocenters. The van der Waals surface area contributed by atoms with E-state index in [0.717, 1.165) is 5.56 Å². The molecule has 1 aromatic heterocycles. The number of carbonyl (C=O) groups excluding carboxylic acids is 1. The summed E-state index contributed by atoms with van der Waals surface area (Å²) in [6.07, 6.45) is 5.65. The Morgan fingerprint density at radius 3 is 2.43 bits per heavy atom. The molecule has 1 aliphatic heterocycles. The number of methoxy groups -OCH3 is 2. The molecule has 0 bridgehead atoms. The number of piperidine rings is 1. The lowest BCUT2D eigenvalue weighted by atomic mass is 9.98. The van der Waals surface area contributed by atoms with Crippen molar-refractivity contribution >= 4 is 22.1 Å². The van der Waals surface area contributed by atoms with Crippen molar-refractivity contribution in [3.05, 3.63) is 48.3 Å². The molecule has 9 nitrogen and oxygen atoms in total. The van der Waals surface area contributed by atoms with Gasteiger partial charge in [0.05, 0.1) is 25.3 Å². The van der Waals surface area contributed by atoms with Crippen LogP contribution >= 0.6 is 0 Å². The Hall–Kier alpha value is -2.98. The number of nitrogens with one attached hydrogen (secondary N) is 1. The lowest BCUT2D eigenvalue weighted by Gasteiger charge is -2.30. The number of carbonyl (C=O) groups is 1. The monoisotopic (exact) mass is 432 g/mol. The Balaban J connectivity index is 1.59. The highest BCUT2D eigenvalue weighted by molar-refractivity contribution is 7.89. The maximum atomic E-state index is 13.0. The minimum Gasteiger partial charge on any atom is -0.493 e. The Morgan fingerprint density at radius 2 is 1.80 bits per heavy atom. The fourth-order valence-electron chi connectivity index (χ4n) is 3.20. The number of hydrogen-bond acceptors (Lipinski definition) is 7. The van der Waals surface area contributed by atoms with Gasteiger partial charge >= 0.3 is 0 Å². The van der Waals surface area contributed by atoms with E-state index in [1.807, 2.05) is 0 Å². The van der Waals surface area contributed by atoms with Gasteiger partial charge in [0, 0.05) is 37.5 Å². The van der Waals surface area contributed by atoms with Crippen LogP contribution in [-0.4, -0.2) is 57.1 Å². The topological polar surface area (TPSA) is 110 Å². The fourth-order valence-corrected chi connectivity index (χ4v) is 4.68. The van der Waals surface area contributed by atoms with Crippen molar-refractivity contribution in [3.63, 3.8) is 0 Å². The summed E-state index contributed by atoms with van der Waals surface area (Å²) >= 11 is 0. The van der Waals surface area contributed by atoms with Crippen LogP contribution in [-0.2, 0) is 14.8 Å². The Labute approximate surface area is 175 Å². The molecule has 1 aliphatic rings. The predicted molar refractivity (Wildman–Crippen MR) is 111 cm³/mol. The summed E-state index contributed by atoms with van der Waals surface area (Å²) in [7, 11) is -0.748. The van der Waals surface area contributed by atoms with E-state index < -0.39 is 10.0 Å². The maximum Gasteiger partial charge on any atom is 0.243 e. The minimum absolute atomic E-state index is 0.130. The lowest BCUT2D eigenvalue weighted by molar-refractivity contribution is -0.126. The van der Waals surface area contributed by atoms with Crippen molar-refractivity contribution in [2.24, 2.45) is 11.0 Å². The van der Waals surface area contributed by atoms with Gasteiger partial charge in [-0.05, 0) is 42.7 Å². The van der Waals surface area contributed by atoms with Gasteiger partial charge in [0.25, 0.3) is 0 Å². The van der Waals surface area contributed by atoms with Crippen molar-refractivity contribution in [2.45, 2.75) is 17.7 Å². The predicted octanol–water partition coefficient (Wildman–Crippen LogP) is 1.65. The molecule has 2 heterocycles. The van der Waals surface area contributed by atoms with E-state index in [1.165, 1.54) is 36.9 Å². The first-order chi connectivity index (χ1) is 14.5. The molecule has 1 N–H and O–H groups in total. The molecule has 0 radical (unpaired) electrons. The maximum absolute atomic E-state index is 13.0. The Bertz CT molecular complexity index is 1000. The smallest absolute Gasteiger partial charge is 0.243 e. The SMILES string of the molecule is COc1ccc(S(=O)(=O)N2CCC(C(=O)N/N=C\c3ccncc3)CC2)cc1OC. The highest BCUT2D eigenvalue weighted by Gasteiger charge is 2.32. The summed E-state index contributed by atoms with van der Waals surface area (Å²) in [5.41, 5.74) is 3.35. The summed E-state index contributed by atoms with van der Waals surface area (Å²) in [6.45, 7) is 0.506. The standard InChI is InChI=1S/C20H24N4O5S/c1-28-18-4-3-17(13-19(18)29-2)30(26,27)24-11-7-16(8-12-24)20(25)23-22-14-15-5-9-21-10-6-15/h3-6,9-10,13-14,16H,7-8,11-12H2,1-2H3,(H,23,25)/b22-14-. The van der Waals surface area contributed by atoms with Crippen molar-refractivity contribution in [1.82, 2.24) is 14.7 Å². The normalized spacial score (nSPS) is 15.8. The summed E-state index contributed by atoms with van der Waals surface area (Å²) < 4.78 is 37.7. The quantitative estimate of drug-likeness (QED) is 0.526. The Morgan fingerprint density at radius 1 is 1.13 bits per heavy atom. The molecule has 160 valence electrons. The zero-order valence-corrected chi connectivity index (χ0v) is 17.6. The van der Waals surface area contributed by atoms with E-state index in [4.69, 9.17) is 9.47 Å². The molecule has 1 aromatic carbocycles. The van der Waals surface area contributed by atoms with Gasteiger partial charge in [-0.2, -0.15) is 9.41 Å². The molecule has 0 aliphatic carbocycles. The molecule has 2 aromatic rings. The zero-order valence-electron chi connectivity index (χ0n) is 16.8. The van der Waals surface area contributed by atoms with Gasteiger partial charge in [-0.15, -0.1) is 0 Å². The number of aromatic nitrogens is 1. The number of sulfonamides is 1. The molecule has 1 amide bonds. The van der Waals surface area contributed by atoms with Crippen LogP contribution < -0.4 is 14.9 Å². The third-order valence-electron chi connectivity index (χ3n) is 4.91.